The molecule has 0 aromatic carbocycles. The fourth-order valence-electron chi connectivity index (χ4n) is 2.38. The van der Waals surface area contributed by atoms with E-state index in [1.54, 1.807) is 0 Å². The molecule has 1 heterocycles. The highest BCUT2D eigenvalue weighted by atomic mass is 16.1. The van der Waals surface area contributed by atoms with Gasteiger partial charge < -0.3 is 10.2 Å². The Morgan fingerprint density at radius 1 is 1.44 bits per heavy atom. The second-order valence-corrected chi connectivity index (χ2v) is 5.65. The first-order valence-electron chi connectivity index (χ1n) is 7.77. The van der Waals surface area contributed by atoms with Gasteiger partial charge in [-0.1, -0.05) is 11.2 Å². The number of pyridine rings is 1. The van der Waals surface area contributed by atoms with Crippen molar-refractivity contribution in [2.45, 2.75) is 19.4 Å². The van der Waals surface area contributed by atoms with Crippen molar-refractivity contribution in [2.75, 3.05) is 13.7 Å². The van der Waals surface area contributed by atoms with Gasteiger partial charge >= 0.3 is 5.82 Å². The summed E-state index contributed by atoms with van der Waals surface area (Å²) in [4.78, 5) is 16.1. The Labute approximate surface area is 146 Å². The van der Waals surface area contributed by atoms with Gasteiger partial charge in [-0.05, 0) is 28.9 Å². The predicted octanol–water partition coefficient (Wildman–Crippen LogP) is 2.47. The molecule has 9 heteroatoms. The maximum Gasteiger partial charge on any atom is 0.350 e. The van der Waals surface area contributed by atoms with E-state index < -0.39 is 0 Å². The molecule has 1 atom stereocenters. The largest absolute Gasteiger partial charge is 0.372 e. The maximum absolute atomic E-state index is 11.5. The Kier molecular flexibility index (Phi) is 6.25. The molecule has 1 aromatic heterocycles. The summed E-state index contributed by atoms with van der Waals surface area (Å²) in [7, 11) is 3.72. The zero-order valence-corrected chi connectivity index (χ0v) is 14.5. The molecule has 1 N–H and O–H groups in total. The van der Waals surface area contributed by atoms with Crippen LogP contribution < -0.4 is 9.88 Å². The summed E-state index contributed by atoms with van der Waals surface area (Å²) < 4.78 is 1.86. The van der Waals surface area contributed by atoms with Crippen molar-refractivity contribution in [1.82, 2.24) is 10.2 Å². The molecular formula is C16H21N8O+. The summed E-state index contributed by atoms with van der Waals surface area (Å²) in [5.41, 5.74) is 10.0. The molecule has 0 bridgehead atoms. The van der Waals surface area contributed by atoms with E-state index in [4.69, 9.17) is 5.53 Å². The number of azide groups is 1. The molecule has 0 spiro atoms. The van der Waals surface area contributed by atoms with Crippen LogP contribution in [0.1, 0.15) is 13.3 Å². The van der Waals surface area contributed by atoms with E-state index in [0.29, 0.717) is 17.9 Å². The van der Waals surface area contributed by atoms with Gasteiger partial charge in [0.15, 0.2) is 0 Å². The fourth-order valence-corrected chi connectivity index (χ4v) is 2.38. The number of hydrogen-bond acceptors (Lipinski definition) is 5. The summed E-state index contributed by atoms with van der Waals surface area (Å²) in [5.74, 6) is 0.565. The number of nitrogens with one attached hydrogen (secondary N) is 1. The quantitative estimate of drug-likeness (QED) is 0.371. The molecule has 0 radical (unpaired) electrons. The van der Waals surface area contributed by atoms with Gasteiger partial charge in [-0.25, -0.2) is 4.57 Å². The third-order valence-electron chi connectivity index (χ3n) is 3.72. The van der Waals surface area contributed by atoms with Crippen molar-refractivity contribution in [3.63, 3.8) is 0 Å². The van der Waals surface area contributed by atoms with E-state index in [1.807, 2.05) is 60.1 Å². The summed E-state index contributed by atoms with van der Waals surface area (Å²) in [6.07, 6.45) is 6.14. The van der Waals surface area contributed by atoms with E-state index in [1.165, 1.54) is 6.92 Å². The number of hydrogen-bond donors (Lipinski definition) is 1. The Morgan fingerprint density at radius 3 is 2.92 bits per heavy atom. The van der Waals surface area contributed by atoms with Crippen LogP contribution in [-0.2, 0) is 11.8 Å². The molecule has 9 nitrogen and oxygen atoms in total. The monoisotopic (exact) mass is 341 g/mol. The Bertz CT molecular complexity index is 776. The van der Waals surface area contributed by atoms with E-state index in [2.05, 4.69) is 25.6 Å². The number of nitrogens with zero attached hydrogens (tertiary/aromatic N) is 7. The lowest BCUT2D eigenvalue weighted by Gasteiger charge is -2.27. The van der Waals surface area contributed by atoms with Crippen molar-refractivity contribution in [3.05, 3.63) is 58.4 Å². The second-order valence-electron chi connectivity index (χ2n) is 5.65. The third-order valence-corrected chi connectivity index (χ3v) is 3.72. The predicted molar refractivity (Wildman–Crippen MR) is 92.3 cm³/mol. The van der Waals surface area contributed by atoms with Crippen molar-refractivity contribution < 1.29 is 9.36 Å². The average Bonchev–Trinajstić information content (AvgIpc) is 2.59. The first kappa shape index (κ1) is 18.2. The molecule has 2 rings (SSSR count). The Morgan fingerprint density at radius 2 is 2.24 bits per heavy atom. The molecular weight excluding hydrogens is 320 g/mol. The SMILES string of the molecule is CC(=O)NC1CC(N(C)CN=[N+]=[N-])=CC=C1N=Nc1cccc[n+]1C. The highest BCUT2D eigenvalue weighted by Crippen LogP contribution is 2.23. The number of aryl methyl sites for hydroxylation is 1. The lowest BCUT2D eigenvalue weighted by atomic mass is 10.0. The summed E-state index contributed by atoms with van der Waals surface area (Å²) in [5, 5.41) is 15.0. The fraction of sp³-hybridized carbons (Fsp3) is 0.375. The lowest BCUT2D eigenvalue weighted by molar-refractivity contribution is -0.658. The number of allylic oxidation sites excluding steroid dienone is 2. The van der Waals surface area contributed by atoms with Gasteiger partial charge in [0.05, 0.1) is 31.1 Å². The highest BCUT2D eigenvalue weighted by Gasteiger charge is 2.23. The van der Waals surface area contributed by atoms with E-state index in [9.17, 15) is 4.79 Å². The van der Waals surface area contributed by atoms with Gasteiger partial charge in [-0.2, -0.15) is 0 Å². The summed E-state index contributed by atoms with van der Waals surface area (Å²) in [6.45, 7) is 1.69. The van der Waals surface area contributed by atoms with Crippen LogP contribution in [0.4, 0.5) is 5.82 Å². The van der Waals surface area contributed by atoms with Crippen LogP contribution >= 0.6 is 0 Å². The second kappa shape index (κ2) is 8.60. The van der Waals surface area contributed by atoms with Gasteiger partial charge in [0.2, 0.25) is 5.91 Å². The van der Waals surface area contributed by atoms with Crippen LogP contribution in [0.2, 0.25) is 0 Å². The maximum atomic E-state index is 11.5. The molecule has 25 heavy (non-hydrogen) atoms. The number of rotatable bonds is 6. The van der Waals surface area contributed by atoms with Gasteiger partial charge in [-0.15, -0.1) is 0 Å². The number of azo groups is 1. The van der Waals surface area contributed by atoms with Crippen LogP contribution in [0.3, 0.4) is 0 Å². The molecule has 0 aliphatic heterocycles. The summed E-state index contributed by atoms with van der Waals surface area (Å²) >= 11 is 0. The van der Waals surface area contributed by atoms with Gasteiger partial charge in [0.1, 0.15) is 5.70 Å². The number of aromatic nitrogens is 1. The van der Waals surface area contributed by atoms with Gasteiger partial charge in [-0.3, -0.25) is 4.79 Å². The molecule has 1 amide bonds. The first-order valence-corrected chi connectivity index (χ1v) is 7.77. The normalized spacial score (nSPS) is 16.7. The van der Waals surface area contributed by atoms with Crippen LogP contribution in [0.15, 0.2) is 63.3 Å². The van der Waals surface area contributed by atoms with Crippen molar-refractivity contribution >= 4 is 11.7 Å². The molecule has 130 valence electrons. The first-order chi connectivity index (χ1) is 12.0. The zero-order chi connectivity index (χ0) is 18.2. The minimum atomic E-state index is -0.288. The van der Waals surface area contributed by atoms with Gasteiger partial charge in [0.25, 0.3) is 0 Å². The van der Waals surface area contributed by atoms with E-state index >= 15 is 0 Å². The molecule has 0 fully saturated rings. The molecule has 1 aliphatic rings. The number of amides is 1. The Hall–Kier alpha value is -3.19. The topological polar surface area (TPSA) is 110 Å². The van der Waals surface area contributed by atoms with Crippen LogP contribution in [-0.4, -0.2) is 30.6 Å². The van der Waals surface area contributed by atoms with Crippen molar-refractivity contribution in [3.8, 4) is 0 Å². The molecule has 0 saturated heterocycles. The van der Waals surface area contributed by atoms with Crippen molar-refractivity contribution in [2.24, 2.45) is 22.4 Å². The molecule has 1 unspecified atom stereocenters. The Balaban J connectivity index is 2.24. The lowest BCUT2D eigenvalue weighted by Crippen LogP contribution is -2.37. The van der Waals surface area contributed by atoms with Crippen LogP contribution in [0.25, 0.3) is 10.4 Å². The van der Waals surface area contributed by atoms with E-state index in [0.717, 1.165) is 5.70 Å². The number of carbonyl (C=O) groups is 1. The minimum Gasteiger partial charge on any atom is -0.372 e. The third kappa shape index (κ3) is 5.15. The van der Waals surface area contributed by atoms with Crippen LogP contribution in [0.5, 0.6) is 0 Å². The van der Waals surface area contributed by atoms with Gasteiger partial charge in [0, 0.05) is 37.1 Å². The number of carbonyl (C=O) groups excluding carboxylic acids is 1. The van der Waals surface area contributed by atoms with E-state index in [-0.39, 0.29) is 18.6 Å². The molecule has 1 aliphatic carbocycles. The zero-order valence-electron chi connectivity index (χ0n) is 14.5. The summed E-state index contributed by atoms with van der Waals surface area (Å²) in [6, 6.07) is 5.37. The minimum absolute atomic E-state index is 0.143. The average molecular weight is 341 g/mol. The smallest absolute Gasteiger partial charge is 0.350 e. The van der Waals surface area contributed by atoms with Crippen LogP contribution in [0, 0.1) is 0 Å². The standard InChI is InChI=1S/C16H20N8O/c1-12(25)19-15-10-13(24(3)11-18-22-17)7-8-14(15)20-21-16-6-4-5-9-23(16)2/h4-9,15H,10-11H2,1-3H3/p+1. The molecule has 1 aromatic rings. The van der Waals surface area contributed by atoms with Crippen molar-refractivity contribution in [1.29, 1.82) is 0 Å². The highest BCUT2D eigenvalue weighted by molar-refractivity contribution is 5.73. The molecule has 0 saturated carbocycles.